The second-order valence-electron chi connectivity index (χ2n) is 8.94. The summed E-state index contributed by atoms with van der Waals surface area (Å²) in [5.41, 5.74) is -0.909. The van der Waals surface area contributed by atoms with Crippen LogP contribution in [0.5, 0.6) is 0 Å². The molecule has 1 aliphatic rings. The second-order valence-corrected chi connectivity index (χ2v) is 8.94. The molecule has 6 atom stereocenters. The largest absolute Gasteiger partial charge is 0.480 e. The number of nitrogens with one attached hydrogen (secondary N) is 1. The molecule has 1 heterocycles. The summed E-state index contributed by atoms with van der Waals surface area (Å²) in [7, 11) is 0. The summed E-state index contributed by atoms with van der Waals surface area (Å²) in [5.74, 6) is -4.72. The topological polar surface area (TPSA) is 199 Å². The zero-order valence-corrected chi connectivity index (χ0v) is 21.6. The van der Waals surface area contributed by atoms with E-state index in [1.807, 2.05) is 0 Å². The number of carboxylic acids is 1. The van der Waals surface area contributed by atoms with Gasteiger partial charge in [-0.1, -0.05) is 0 Å². The lowest BCUT2D eigenvalue weighted by molar-refractivity contribution is -0.308. The van der Waals surface area contributed by atoms with Crippen LogP contribution in [0.2, 0.25) is 0 Å². The molecule has 37 heavy (non-hydrogen) atoms. The average Bonchev–Trinajstić information content (AvgIpc) is 2.70. The van der Waals surface area contributed by atoms with Gasteiger partial charge in [-0.3, -0.25) is 19.2 Å². The van der Waals surface area contributed by atoms with Gasteiger partial charge in [-0.25, -0.2) is 9.59 Å². The highest BCUT2D eigenvalue weighted by atomic mass is 16.7. The number of amides is 1. The molecule has 1 rings (SSSR count). The van der Waals surface area contributed by atoms with E-state index >= 15 is 0 Å². The van der Waals surface area contributed by atoms with Gasteiger partial charge in [0.2, 0.25) is 0 Å². The number of ether oxygens (including phenoxy) is 7. The molecule has 2 N–H and O–H groups in total. The summed E-state index contributed by atoms with van der Waals surface area (Å²) >= 11 is 0. The fraction of sp³-hybridized carbons (Fsp3) is 0.727. The maximum atomic E-state index is 12.0. The van der Waals surface area contributed by atoms with E-state index in [-0.39, 0.29) is 0 Å². The van der Waals surface area contributed by atoms with Crippen LogP contribution in [0.15, 0.2) is 0 Å². The highest BCUT2D eigenvalue weighted by Crippen LogP contribution is 2.30. The molecule has 0 bridgehead atoms. The third kappa shape index (κ3) is 11.4. The lowest BCUT2D eigenvalue weighted by atomic mass is 9.98. The summed E-state index contributed by atoms with van der Waals surface area (Å²) in [4.78, 5) is 70.5. The zero-order chi connectivity index (χ0) is 28.5. The van der Waals surface area contributed by atoms with Crippen LogP contribution in [0.25, 0.3) is 0 Å². The van der Waals surface area contributed by atoms with E-state index < -0.39 is 91.5 Å². The van der Waals surface area contributed by atoms with Crippen molar-refractivity contribution in [3.63, 3.8) is 0 Å². The molecule has 0 aromatic rings. The van der Waals surface area contributed by atoms with Gasteiger partial charge in [-0.15, -0.1) is 0 Å². The maximum absolute atomic E-state index is 12.0. The summed E-state index contributed by atoms with van der Waals surface area (Å²) in [6.45, 7) is 7.80. The van der Waals surface area contributed by atoms with Crippen LogP contribution in [-0.4, -0.2) is 96.6 Å². The number of carbonyl (C=O) groups excluding carboxylic acids is 5. The van der Waals surface area contributed by atoms with E-state index in [1.165, 1.54) is 0 Å². The highest BCUT2D eigenvalue weighted by molar-refractivity contribution is 5.80. The number of hydrogen-bond acceptors (Lipinski definition) is 13. The smallest absolute Gasteiger partial charge is 0.408 e. The molecular weight excluding hydrogens is 502 g/mol. The van der Waals surface area contributed by atoms with Crippen molar-refractivity contribution in [2.75, 3.05) is 13.2 Å². The molecule has 0 aromatic heterocycles. The third-order valence-corrected chi connectivity index (χ3v) is 4.36. The van der Waals surface area contributed by atoms with Crippen molar-refractivity contribution in [1.29, 1.82) is 0 Å². The highest BCUT2D eigenvalue weighted by Gasteiger charge is 2.53. The van der Waals surface area contributed by atoms with Crippen molar-refractivity contribution in [1.82, 2.24) is 5.32 Å². The fourth-order valence-corrected chi connectivity index (χ4v) is 3.14. The fourth-order valence-electron chi connectivity index (χ4n) is 3.14. The summed E-state index contributed by atoms with van der Waals surface area (Å²) < 4.78 is 36.9. The number of alkyl carbamates (subject to hydrolysis) is 1. The van der Waals surface area contributed by atoms with Gasteiger partial charge in [-0.05, 0) is 20.8 Å². The van der Waals surface area contributed by atoms with Crippen molar-refractivity contribution in [3.05, 3.63) is 0 Å². The van der Waals surface area contributed by atoms with Crippen LogP contribution < -0.4 is 5.32 Å². The molecule has 1 saturated heterocycles. The van der Waals surface area contributed by atoms with Crippen molar-refractivity contribution in [3.8, 4) is 0 Å². The standard InChI is InChI=1S/C22H33NO14/c1-10(24)31-9-15-16(33-11(2)25)17(34-12(3)26)18(35-13(4)27)20(36-15)32-8-14(19(28)29)23-21(30)37-22(5,6)7/h14-18,20H,8-9H2,1-7H3,(H,23,30)(H,28,29)/t14-,15+,16-,17-,18+,20+/m0/s1. The number of rotatable bonds is 10. The lowest BCUT2D eigenvalue weighted by Crippen LogP contribution is -2.63. The van der Waals surface area contributed by atoms with Gasteiger partial charge < -0.3 is 43.6 Å². The van der Waals surface area contributed by atoms with E-state index in [0.29, 0.717) is 0 Å². The van der Waals surface area contributed by atoms with Gasteiger partial charge in [0.25, 0.3) is 0 Å². The predicted molar refractivity (Wildman–Crippen MR) is 119 cm³/mol. The number of carbonyl (C=O) groups is 6. The first-order chi connectivity index (χ1) is 17.0. The molecule has 15 nitrogen and oxygen atoms in total. The van der Waals surface area contributed by atoms with E-state index in [1.54, 1.807) is 20.8 Å². The summed E-state index contributed by atoms with van der Waals surface area (Å²) in [6, 6.07) is -1.64. The number of carboxylic acid groups (broad SMARTS) is 1. The second kappa shape index (κ2) is 13.7. The summed E-state index contributed by atoms with van der Waals surface area (Å²) in [6.07, 6.45) is -8.37. The number of hydrogen-bond donors (Lipinski definition) is 2. The van der Waals surface area contributed by atoms with E-state index in [0.717, 1.165) is 27.7 Å². The van der Waals surface area contributed by atoms with Crippen LogP contribution in [0.3, 0.4) is 0 Å². The first kappa shape index (κ1) is 31.6. The van der Waals surface area contributed by atoms with Crippen LogP contribution >= 0.6 is 0 Å². The molecule has 210 valence electrons. The zero-order valence-electron chi connectivity index (χ0n) is 21.6. The van der Waals surface area contributed by atoms with Crippen LogP contribution in [0, 0.1) is 0 Å². The number of esters is 4. The lowest BCUT2D eigenvalue weighted by Gasteiger charge is -2.44. The Labute approximate surface area is 213 Å². The van der Waals surface area contributed by atoms with Gasteiger partial charge in [0.05, 0.1) is 6.61 Å². The van der Waals surface area contributed by atoms with Gasteiger partial charge in [0.1, 0.15) is 18.3 Å². The third-order valence-electron chi connectivity index (χ3n) is 4.36. The van der Waals surface area contributed by atoms with E-state index in [4.69, 9.17) is 33.2 Å². The maximum Gasteiger partial charge on any atom is 0.408 e. The monoisotopic (exact) mass is 535 g/mol. The van der Waals surface area contributed by atoms with Crippen molar-refractivity contribution < 1.29 is 67.0 Å². The molecule has 1 fully saturated rings. The normalized spacial score (nSPS) is 24.1. The van der Waals surface area contributed by atoms with Crippen molar-refractivity contribution in [2.24, 2.45) is 0 Å². The van der Waals surface area contributed by atoms with Crippen LogP contribution in [0.1, 0.15) is 48.5 Å². The Balaban J connectivity index is 3.27. The van der Waals surface area contributed by atoms with Gasteiger partial charge in [0, 0.05) is 27.7 Å². The molecule has 0 unspecified atom stereocenters. The Kier molecular flexibility index (Phi) is 11.7. The van der Waals surface area contributed by atoms with Crippen LogP contribution in [0.4, 0.5) is 4.79 Å². The Morgan fingerprint density at radius 2 is 1.35 bits per heavy atom. The number of aliphatic carboxylic acids is 1. The SMILES string of the molecule is CC(=O)OC[C@H]1O[C@@H](OC[C@H](NC(=O)OC(C)(C)C)C(=O)O)[C@H](OC(C)=O)[C@@H](OC(C)=O)[C@H]1OC(C)=O. The Bertz CT molecular complexity index is 866. The van der Waals surface area contributed by atoms with E-state index in [2.05, 4.69) is 5.32 Å². The minimum atomic E-state index is -1.64. The van der Waals surface area contributed by atoms with Gasteiger partial charge >= 0.3 is 35.9 Å². The van der Waals surface area contributed by atoms with Gasteiger partial charge in [-0.2, -0.15) is 0 Å². The van der Waals surface area contributed by atoms with Crippen LogP contribution in [-0.2, 0) is 57.1 Å². The molecular formula is C22H33NO14. The molecule has 0 spiro atoms. The Hall–Kier alpha value is -3.46. The Morgan fingerprint density at radius 3 is 1.81 bits per heavy atom. The molecule has 0 aromatic carbocycles. The predicted octanol–water partition coefficient (Wildman–Crippen LogP) is 0.0640. The molecule has 15 heteroatoms. The molecule has 0 aliphatic carbocycles. The first-order valence-electron chi connectivity index (χ1n) is 11.1. The first-order valence-corrected chi connectivity index (χ1v) is 11.1. The van der Waals surface area contributed by atoms with Crippen molar-refractivity contribution >= 4 is 35.9 Å². The molecule has 0 radical (unpaired) electrons. The summed E-state index contributed by atoms with van der Waals surface area (Å²) in [5, 5.41) is 11.6. The van der Waals surface area contributed by atoms with Gasteiger partial charge in [0.15, 0.2) is 30.6 Å². The van der Waals surface area contributed by atoms with E-state index in [9.17, 15) is 33.9 Å². The quantitative estimate of drug-likeness (QED) is 0.281. The average molecular weight is 535 g/mol. The van der Waals surface area contributed by atoms with Crippen molar-refractivity contribution in [2.45, 2.75) is 90.8 Å². The Morgan fingerprint density at radius 1 is 0.838 bits per heavy atom. The molecule has 0 saturated carbocycles. The molecule has 1 aliphatic heterocycles. The molecule has 1 amide bonds. The minimum absolute atomic E-state index is 0.490. The minimum Gasteiger partial charge on any atom is -0.480 e.